The minimum Gasteiger partial charge on any atom is -0.289 e. The van der Waals surface area contributed by atoms with E-state index in [9.17, 15) is 4.79 Å². The van der Waals surface area contributed by atoms with E-state index < -0.39 is 0 Å². The second-order valence-corrected chi connectivity index (χ2v) is 6.42. The molecule has 0 aliphatic heterocycles. The van der Waals surface area contributed by atoms with Gasteiger partial charge in [-0.05, 0) is 30.3 Å². The molecule has 0 aromatic heterocycles. The van der Waals surface area contributed by atoms with E-state index in [0.717, 1.165) is 9.79 Å². The van der Waals surface area contributed by atoms with E-state index >= 15 is 0 Å². The largest absolute Gasteiger partial charge is 0.289 e. The van der Waals surface area contributed by atoms with Crippen molar-refractivity contribution in [2.45, 2.75) is 14.7 Å². The van der Waals surface area contributed by atoms with Gasteiger partial charge in [-0.2, -0.15) is 0 Å². The molecular formula is C19H14OS2. The fraction of sp³-hybridized carbons (Fsp3) is 0. The first-order valence-electron chi connectivity index (χ1n) is 6.90. The number of thiol groups is 1. The van der Waals surface area contributed by atoms with Crippen molar-refractivity contribution in [1.82, 2.24) is 0 Å². The van der Waals surface area contributed by atoms with E-state index in [1.54, 1.807) is 11.8 Å². The number of benzene rings is 3. The van der Waals surface area contributed by atoms with Crippen LogP contribution in [0.2, 0.25) is 0 Å². The number of carbonyl (C=O) groups is 1. The zero-order valence-corrected chi connectivity index (χ0v) is 13.5. The Morgan fingerprint density at radius 2 is 1.41 bits per heavy atom. The maximum Gasteiger partial charge on any atom is 0.194 e. The molecule has 108 valence electrons. The molecule has 3 aromatic carbocycles. The predicted octanol–water partition coefficient (Wildman–Crippen LogP) is 5.36. The van der Waals surface area contributed by atoms with E-state index in [2.05, 4.69) is 24.8 Å². The fourth-order valence-electron chi connectivity index (χ4n) is 2.13. The van der Waals surface area contributed by atoms with Crippen LogP contribution in [0.3, 0.4) is 0 Å². The lowest BCUT2D eigenvalue weighted by Crippen LogP contribution is -2.02. The summed E-state index contributed by atoms with van der Waals surface area (Å²) >= 11 is 6.07. The molecule has 0 N–H and O–H groups in total. The van der Waals surface area contributed by atoms with Crippen molar-refractivity contribution in [3.05, 3.63) is 90.0 Å². The number of ketones is 1. The smallest absolute Gasteiger partial charge is 0.194 e. The minimum absolute atomic E-state index is 0.00103. The van der Waals surface area contributed by atoms with Gasteiger partial charge in [0.05, 0.1) is 0 Å². The molecule has 0 saturated heterocycles. The zero-order valence-electron chi connectivity index (χ0n) is 11.8. The van der Waals surface area contributed by atoms with Crippen LogP contribution in [0.1, 0.15) is 15.9 Å². The first-order chi connectivity index (χ1) is 10.7. The SMILES string of the molecule is O=C(c1ccccc1)c1cc(Sc2ccccc2)ccc1S. The van der Waals surface area contributed by atoms with Crippen LogP contribution in [0.25, 0.3) is 0 Å². The maximum absolute atomic E-state index is 12.6. The van der Waals surface area contributed by atoms with Crippen molar-refractivity contribution >= 4 is 30.2 Å². The van der Waals surface area contributed by atoms with E-state index in [0.29, 0.717) is 16.0 Å². The molecule has 0 unspecified atom stereocenters. The molecular weight excluding hydrogens is 308 g/mol. The molecule has 0 aliphatic carbocycles. The highest BCUT2D eigenvalue weighted by molar-refractivity contribution is 7.99. The summed E-state index contributed by atoms with van der Waals surface area (Å²) in [6, 6.07) is 25.2. The van der Waals surface area contributed by atoms with Crippen molar-refractivity contribution in [2.24, 2.45) is 0 Å². The predicted molar refractivity (Wildman–Crippen MR) is 94.1 cm³/mol. The van der Waals surface area contributed by atoms with Gasteiger partial charge in [0.25, 0.3) is 0 Å². The molecule has 0 atom stereocenters. The molecule has 0 aliphatic rings. The highest BCUT2D eigenvalue weighted by Crippen LogP contribution is 2.30. The van der Waals surface area contributed by atoms with Gasteiger partial charge in [-0.25, -0.2) is 0 Å². The Morgan fingerprint density at radius 3 is 2.09 bits per heavy atom. The third-order valence-electron chi connectivity index (χ3n) is 3.23. The van der Waals surface area contributed by atoms with Crippen LogP contribution in [-0.4, -0.2) is 5.78 Å². The van der Waals surface area contributed by atoms with Gasteiger partial charge in [-0.1, -0.05) is 60.3 Å². The van der Waals surface area contributed by atoms with Crippen LogP contribution in [0.5, 0.6) is 0 Å². The quantitative estimate of drug-likeness (QED) is 0.514. The lowest BCUT2D eigenvalue weighted by molar-refractivity contribution is 0.103. The lowest BCUT2D eigenvalue weighted by atomic mass is 10.0. The molecule has 1 nitrogen and oxygen atoms in total. The Hall–Kier alpha value is -1.97. The Balaban J connectivity index is 1.92. The van der Waals surface area contributed by atoms with Crippen LogP contribution in [0, 0.1) is 0 Å². The number of hydrogen-bond acceptors (Lipinski definition) is 3. The highest BCUT2D eigenvalue weighted by Gasteiger charge is 2.13. The van der Waals surface area contributed by atoms with E-state index in [-0.39, 0.29) is 5.78 Å². The Kier molecular flexibility index (Phi) is 4.66. The second kappa shape index (κ2) is 6.86. The molecule has 0 radical (unpaired) electrons. The van der Waals surface area contributed by atoms with Crippen molar-refractivity contribution < 1.29 is 4.79 Å². The molecule has 0 fully saturated rings. The molecule has 3 aromatic rings. The Labute approximate surface area is 139 Å². The zero-order chi connectivity index (χ0) is 15.4. The van der Waals surface area contributed by atoms with Crippen LogP contribution < -0.4 is 0 Å². The summed E-state index contributed by atoms with van der Waals surface area (Å²) in [5, 5.41) is 0. The molecule has 0 amide bonds. The van der Waals surface area contributed by atoms with E-state index in [1.165, 1.54) is 0 Å². The molecule has 3 rings (SSSR count). The normalized spacial score (nSPS) is 10.4. The van der Waals surface area contributed by atoms with Gasteiger partial charge >= 0.3 is 0 Å². The standard InChI is InChI=1S/C19H14OS2/c20-19(14-7-3-1-4-8-14)17-13-16(11-12-18(17)21)22-15-9-5-2-6-10-15/h1-13,21H. The van der Waals surface area contributed by atoms with Crippen molar-refractivity contribution in [3.63, 3.8) is 0 Å². The van der Waals surface area contributed by atoms with Crippen molar-refractivity contribution in [2.75, 3.05) is 0 Å². The molecule has 0 bridgehead atoms. The number of carbonyl (C=O) groups excluding carboxylic acids is 1. The molecule has 0 spiro atoms. The van der Waals surface area contributed by atoms with Gasteiger partial charge < -0.3 is 0 Å². The van der Waals surface area contributed by atoms with Crippen LogP contribution >= 0.6 is 24.4 Å². The second-order valence-electron chi connectivity index (χ2n) is 4.79. The van der Waals surface area contributed by atoms with Crippen molar-refractivity contribution in [3.8, 4) is 0 Å². The van der Waals surface area contributed by atoms with Gasteiger partial charge in [0.1, 0.15) is 0 Å². The lowest BCUT2D eigenvalue weighted by Gasteiger charge is -2.08. The summed E-state index contributed by atoms with van der Waals surface area (Å²) in [7, 11) is 0. The van der Waals surface area contributed by atoms with Gasteiger partial charge in [0.2, 0.25) is 0 Å². The topological polar surface area (TPSA) is 17.1 Å². The van der Waals surface area contributed by atoms with Gasteiger partial charge in [0.15, 0.2) is 5.78 Å². The third-order valence-corrected chi connectivity index (χ3v) is 4.62. The fourth-order valence-corrected chi connectivity index (χ4v) is 3.25. The third kappa shape index (κ3) is 3.43. The van der Waals surface area contributed by atoms with Gasteiger partial charge in [-0.3, -0.25) is 4.79 Å². The minimum atomic E-state index is 0.00103. The molecule has 22 heavy (non-hydrogen) atoms. The summed E-state index contributed by atoms with van der Waals surface area (Å²) in [5.74, 6) is 0.00103. The average molecular weight is 322 g/mol. The molecule has 0 saturated carbocycles. The highest BCUT2D eigenvalue weighted by atomic mass is 32.2. The Bertz CT molecular complexity index is 783. The number of rotatable bonds is 4. The molecule has 3 heteroatoms. The summed E-state index contributed by atoms with van der Waals surface area (Å²) in [6.45, 7) is 0. The molecule has 0 heterocycles. The summed E-state index contributed by atoms with van der Waals surface area (Å²) in [4.78, 5) is 15.5. The number of hydrogen-bond donors (Lipinski definition) is 1. The van der Waals surface area contributed by atoms with Gasteiger partial charge in [-0.15, -0.1) is 12.6 Å². The first kappa shape index (κ1) is 14.9. The van der Waals surface area contributed by atoms with Gasteiger partial charge in [0, 0.05) is 25.8 Å². The van der Waals surface area contributed by atoms with Crippen LogP contribution in [-0.2, 0) is 0 Å². The monoisotopic (exact) mass is 322 g/mol. The van der Waals surface area contributed by atoms with E-state index in [1.807, 2.05) is 66.7 Å². The summed E-state index contributed by atoms with van der Waals surface area (Å²) in [6.07, 6.45) is 0. The van der Waals surface area contributed by atoms with Crippen molar-refractivity contribution in [1.29, 1.82) is 0 Å². The Morgan fingerprint density at radius 1 is 0.773 bits per heavy atom. The summed E-state index contributed by atoms with van der Waals surface area (Å²) < 4.78 is 0. The summed E-state index contributed by atoms with van der Waals surface area (Å²) in [5.41, 5.74) is 1.31. The average Bonchev–Trinajstić information content (AvgIpc) is 2.58. The maximum atomic E-state index is 12.6. The first-order valence-corrected chi connectivity index (χ1v) is 8.16. The van der Waals surface area contributed by atoms with Crippen LogP contribution in [0.4, 0.5) is 0 Å². The van der Waals surface area contributed by atoms with E-state index in [4.69, 9.17) is 0 Å². The van der Waals surface area contributed by atoms with Crippen LogP contribution in [0.15, 0.2) is 93.5 Å².